The number of amides is 1. The van der Waals surface area contributed by atoms with Crippen molar-refractivity contribution in [1.82, 2.24) is 19.6 Å². The third kappa shape index (κ3) is 21.1. The lowest BCUT2D eigenvalue weighted by atomic mass is 10.1. The zero-order chi connectivity index (χ0) is 29.1. The van der Waals surface area contributed by atoms with Gasteiger partial charge in [-0.1, -0.05) is 110 Å². The molecule has 1 amide bonds. The average molecular weight is 567 g/mol. The number of carbonyl (C=O) groups excluding carboxylic acids is 1. The standard InChI is InChI=1S/C34H70N4O2/c1-4-6-8-10-12-15-19-23-36(24-20-17-14-18-22-32-39)28-29-37(25-21-16-13-11-9-7-5-2)33-34(40)38-30-26-35(3)27-31-38/h39H,4-33H2,1-3H3. The Morgan fingerprint density at radius 3 is 1.43 bits per heavy atom. The molecular formula is C34H70N4O2. The Morgan fingerprint density at radius 1 is 0.550 bits per heavy atom. The second-order valence-corrected chi connectivity index (χ2v) is 12.5. The van der Waals surface area contributed by atoms with Gasteiger partial charge < -0.3 is 19.8 Å². The summed E-state index contributed by atoms with van der Waals surface area (Å²) >= 11 is 0. The van der Waals surface area contributed by atoms with E-state index in [2.05, 4.69) is 40.5 Å². The van der Waals surface area contributed by atoms with Gasteiger partial charge in [0.2, 0.25) is 5.91 Å². The van der Waals surface area contributed by atoms with Crippen molar-refractivity contribution < 1.29 is 9.90 Å². The van der Waals surface area contributed by atoms with Crippen LogP contribution in [0.2, 0.25) is 0 Å². The molecule has 238 valence electrons. The normalized spacial score (nSPS) is 14.6. The Kier molecular flexibility index (Phi) is 25.4. The maximum Gasteiger partial charge on any atom is 0.236 e. The molecule has 0 atom stereocenters. The number of hydrogen-bond acceptors (Lipinski definition) is 5. The summed E-state index contributed by atoms with van der Waals surface area (Å²) in [5.41, 5.74) is 0. The number of rotatable bonds is 28. The molecule has 0 aromatic heterocycles. The SMILES string of the molecule is CCCCCCCCCN(CCCCCCCO)CCN(CCCCCCCCC)CC(=O)N1CCN(C)CC1. The van der Waals surface area contributed by atoms with Crippen LogP contribution in [-0.2, 0) is 4.79 Å². The first-order valence-corrected chi connectivity index (χ1v) is 17.6. The molecule has 0 aromatic carbocycles. The molecule has 6 nitrogen and oxygen atoms in total. The molecule has 0 bridgehead atoms. The molecule has 0 unspecified atom stereocenters. The van der Waals surface area contributed by atoms with E-state index < -0.39 is 0 Å². The van der Waals surface area contributed by atoms with Crippen molar-refractivity contribution in [3.8, 4) is 0 Å². The fourth-order valence-electron chi connectivity index (χ4n) is 5.80. The van der Waals surface area contributed by atoms with E-state index in [9.17, 15) is 4.79 Å². The third-order valence-corrected chi connectivity index (χ3v) is 8.74. The lowest BCUT2D eigenvalue weighted by molar-refractivity contribution is -0.134. The third-order valence-electron chi connectivity index (χ3n) is 8.74. The van der Waals surface area contributed by atoms with E-state index in [1.54, 1.807) is 0 Å². The molecule has 1 N–H and O–H groups in total. The fourth-order valence-corrected chi connectivity index (χ4v) is 5.80. The molecule has 40 heavy (non-hydrogen) atoms. The van der Waals surface area contributed by atoms with Gasteiger partial charge in [0.1, 0.15) is 0 Å². The lowest BCUT2D eigenvalue weighted by Crippen LogP contribution is -2.50. The van der Waals surface area contributed by atoms with Gasteiger partial charge in [-0.3, -0.25) is 9.69 Å². The van der Waals surface area contributed by atoms with Crippen molar-refractivity contribution in [1.29, 1.82) is 0 Å². The van der Waals surface area contributed by atoms with E-state index in [0.29, 0.717) is 19.1 Å². The van der Waals surface area contributed by atoms with Crippen molar-refractivity contribution >= 4 is 5.91 Å². The van der Waals surface area contributed by atoms with Gasteiger partial charge >= 0.3 is 0 Å². The summed E-state index contributed by atoms with van der Waals surface area (Å²) in [5.74, 6) is 0.332. The van der Waals surface area contributed by atoms with Crippen molar-refractivity contribution in [3.63, 3.8) is 0 Å². The summed E-state index contributed by atoms with van der Waals surface area (Å²) in [6.45, 7) is 14.7. The molecule has 0 spiro atoms. The average Bonchev–Trinajstić information content (AvgIpc) is 2.96. The van der Waals surface area contributed by atoms with E-state index in [0.717, 1.165) is 58.7 Å². The molecule has 0 aliphatic carbocycles. The molecule has 1 fully saturated rings. The van der Waals surface area contributed by atoms with E-state index in [4.69, 9.17) is 5.11 Å². The minimum absolute atomic E-state index is 0.325. The summed E-state index contributed by atoms with van der Waals surface area (Å²) < 4.78 is 0. The first kappa shape index (κ1) is 37.3. The number of aliphatic hydroxyl groups excluding tert-OH is 1. The van der Waals surface area contributed by atoms with E-state index in [-0.39, 0.29) is 0 Å². The topological polar surface area (TPSA) is 50.3 Å². The highest BCUT2D eigenvalue weighted by atomic mass is 16.2. The first-order chi connectivity index (χ1) is 19.6. The highest BCUT2D eigenvalue weighted by molar-refractivity contribution is 5.78. The van der Waals surface area contributed by atoms with Gasteiger partial charge in [-0.2, -0.15) is 0 Å². The van der Waals surface area contributed by atoms with Crippen LogP contribution in [0.4, 0.5) is 0 Å². The summed E-state index contributed by atoms with van der Waals surface area (Å²) in [6.07, 6.45) is 24.6. The van der Waals surface area contributed by atoms with Crippen LogP contribution >= 0.6 is 0 Å². The highest BCUT2D eigenvalue weighted by Gasteiger charge is 2.21. The molecule has 1 saturated heterocycles. The summed E-state index contributed by atoms with van der Waals surface area (Å²) in [6, 6.07) is 0. The number of aliphatic hydroxyl groups is 1. The maximum atomic E-state index is 13.2. The second-order valence-electron chi connectivity index (χ2n) is 12.5. The fraction of sp³-hybridized carbons (Fsp3) is 0.971. The summed E-state index contributed by atoms with van der Waals surface area (Å²) in [4.78, 5) is 22.8. The Morgan fingerprint density at radius 2 is 0.950 bits per heavy atom. The number of likely N-dealkylation sites (N-methyl/N-ethyl adjacent to an activating group) is 1. The molecule has 0 saturated carbocycles. The molecule has 6 heteroatoms. The van der Waals surface area contributed by atoms with Crippen molar-refractivity contribution in [2.75, 3.05) is 79.1 Å². The van der Waals surface area contributed by atoms with E-state index in [1.165, 1.54) is 122 Å². The Bertz CT molecular complexity index is 554. The number of hydrogen-bond donors (Lipinski definition) is 1. The Balaban J connectivity index is 2.57. The number of unbranched alkanes of at least 4 members (excludes halogenated alkanes) is 16. The van der Waals surface area contributed by atoms with Crippen LogP contribution in [-0.4, -0.2) is 110 Å². The molecule has 1 aliphatic heterocycles. The number of carbonyl (C=O) groups is 1. The van der Waals surface area contributed by atoms with Crippen LogP contribution in [0.1, 0.15) is 136 Å². The largest absolute Gasteiger partial charge is 0.396 e. The van der Waals surface area contributed by atoms with Gasteiger partial charge in [0, 0.05) is 45.9 Å². The minimum atomic E-state index is 0.325. The van der Waals surface area contributed by atoms with Crippen LogP contribution in [0, 0.1) is 0 Å². The summed E-state index contributed by atoms with van der Waals surface area (Å²) in [7, 11) is 2.15. The second kappa shape index (κ2) is 27.2. The minimum Gasteiger partial charge on any atom is -0.396 e. The molecule has 1 rings (SSSR count). The van der Waals surface area contributed by atoms with Crippen molar-refractivity contribution in [2.45, 2.75) is 136 Å². The van der Waals surface area contributed by atoms with Crippen LogP contribution in [0.15, 0.2) is 0 Å². The Labute approximate surface area is 250 Å². The molecule has 0 aromatic rings. The zero-order valence-corrected chi connectivity index (χ0v) is 27.4. The maximum absolute atomic E-state index is 13.2. The lowest BCUT2D eigenvalue weighted by Gasteiger charge is -2.34. The van der Waals surface area contributed by atoms with Crippen LogP contribution in [0.5, 0.6) is 0 Å². The zero-order valence-electron chi connectivity index (χ0n) is 27.4. The predicted octanol–water partition coefficient (Wildman–Crippen LogP) is 6.81. The Hall–Kier alpha value is -0.690. The smallest absolute Gasteiger partial charge is 0.236 e. The van der Waals surface area contributed by atoms with Gasteiger partial charge in [0.05, 0.1) is 6.54 Å². The molecule has 1 aliphatic rings. The van der Waals surface area contributed by atoms with E-state index in [1.807, 2.05) is 0 Å². The van der Waals surface area contributed by atoms with Gasteiger partial charge in [-0.25, -0.2) is 0 Å². The van der Waals surface area contributed by atoms with Gasteiger partial charge in [0.15, 0.2) is 0 Å². The first-order valence-electron chi connectivity index (χ1n) is 17.6. The van der Waals surface area contributed by atoms with Crippen LogP contribution in [0.25, 0.3) is 0 Å². The molecule has 1 heterocycles. The van der Waals surface area contributed by atoms with Crippen LogP contribution < -0.4 is 0 Å². The van der Waals surface area contributed by atoms with Gasteiger partial charge in [-0.05, 0) is 52.4 Å². The van der Waals surface area contributed by atoms with E-state index >= 15 is 0 Å². The van der Waals surface area contributed by atoms with Crippen molar-refractivity contribution in [2.24, 2.45) is 0 Å². The van der Waals surface area contributed by atoms with Crippen molar-refractivity contribution in [3.05, 3.63) is 0 Å². The van der Waals surface area contributed by atoms with Gasteiger partial charge in [0.25, 0.3) is 0 Å². The van der Waals surface area contributed by atoms with Gasteiger partial charge in [-0.15, -0.1) is 0 Å². The quantitative estimate of drug-likeness (QED) is 0.105. The summed E-state index contributed by atoms with van der Waals surface area (Å²) in [5, 5.41) is 9.06. The number of nitrogens with zero attached hydrogens (tertiary/aromatic N) is 4. The predicted molar refractivity (Wildman–Crippen MR) is 173 cm³/mol. The number of piperazine rings is 1. The molecule has 0 radical (unpaired) electrons. The molecular weight excluding hydrogens is 496 g/mol. The monoisotopic (exact) mass is 567 g/mol. The highest BCUT2D eigenvalue weighted by Crippen LogP contribution is 2.11. The van der Waals surface area contributed by atoms with Crippen LogP contribution in [0.3, 0.4) is 0 Å².